The zero-order valence-corrected chi connectivity index (χ0v) is 13.2. The minimum Gasteiger partial charge on any atom is -0.310 e. The molecular weight excluding hydrogens is 321 g/mol. The van der Waals surface area contributed by atoms with Crippen LogP contribution in [0.15, 0.2) is 30.4 Å². The fourth-order valence-electron chi connectivity index (χ4n) is 1.90. The Morgan fingerprint density at radius 3 is 2.76 bits per heavy atom. The lowest BCUT2D eigenvalue weighted by molar-refractivity contribution is 0.526. The highest BCUT2D eigenvalue weighted by Crippen LogP contribution is 2.27. The molecule has 1 nitrogen and oxygen atoms in total. The van der Waals surface area contributed by atoms with E-state index in [1.165, 1.54) is 20.3 Å². The van der Waals surface area contributed by atoms with Gasteiger partial charge in [0.1, 0.15) is 0 Å². The van der Waals surface area contributed by atoms with Crippen molar-refractivity contribution in [1.29, 1.82) is 0 Å². The maximum atomic E-state index is 4.04. The second kappa shape index (κ2) is 7.17. The number of halogens is 1. The Bertz CT molecular complexity index is 385. The largest absolute Gasteiger partial charge is 0.310 e. The molecule has 0 aliphatic carbocycles. The van der Waals surface area contributed by atoms with E-state index < -0.39 is 0 Å². The summed E-state index contributed by atoms with van der Waals surface area (Å²) in [5.41, 5.74) is 3.99. The Morgan fingerprint density at radius 2 is 2.18 bits per heavy atom. The monoisotopic (exact) mass is 343 g/mol. The van der Waals surface area contributed by atoms with Gasteiger partial charge in [-0.1, -0.05) is 30.7 Å². The Balaban J connectivity index is 2.94. The van der Waals surface area contributed by atoms with Gasteiger partial charge in [-0.05, 0) is 67.0 Å². The molecule has 0 saturated heterocycles. The summed E-state index contributed by atoms with van der Waals surface area (Å²) in [7, 11) is 0. The van der Waals surface area contributed by atoms with Crippen LogP contribution < -0.4 is 5.32 Å². The lowest BCUT2D eigenvalue weighted by Gasteiger charge is -2.21. The number of hydrogen-bond acceptors (Lipinski definition) is 1. The second-order valence-corrected chi connectivity index (χ2v) is 5.72. The first-order valence-corrected chi connectivity index (χ1v) is 7.27. The van der Waals surface area contributed by atoms with Crippen LogP contribution in [-0.2, 0) is 0 Å². The number of hydrogen-bond donors (Lipinski definition) is 1. The lowest BCUT2D eigenvalue weighted by Crippen LogP contribution is -2.23. The lowest BCUT2D eigenvalue weighted by atomic mass is 9.98. The van der Waals surface area contributed by atoms with Gasteiger partial charge in [-0.3, -0.25) is 0 Å². The molecule has 1 rings (SSSR count). The van der Waals surface area contributed by atoms with E-state index >= 15 is 0 Å². The zero-order valence-electron chi connectivity index (χ0n) is 11.0. The van der Waals surface area contributed by atoms with Crippen LogP contribution in [-0.4, -0.2) is 6.54 Å². The summed E-state index contributed by atoms with van der Waals surface area (Å²) in [5, 5.41) is 3.62. The number of aryl methyl sites for hydroxylation is 1. The van der Waals surface area contributed by atoms with Crippen LogP contribution in [0.1, 0.15) is 43.9 Å². The molecular formula is C15H22IN. The van der Waals surface area contributed by atoms with Gasteiger partial charge in [0.15, 0.2) is 0 Å². The molecule has 0 heterocycles. The standard InChI is InChI=1S/C15H22IN/c1-5-9-17-14(10-11(2)3)13-8-6-7-12(4)15(13)16/h6-8,14,17H,2,5,9-10H2,1,3-4H3. The first-order chi connectivity index (χ1) is 8.06. The summed E-state index contributed by atoms with van der Waals surface area (Å²) < 4.78 is 1.37. The Kier molecular flexibility index (Phi) is 6.20. The molecule has 17 heavy (non-hydrogen) atoms. The first kappa shape index (κ1) is 14.7. The predicted molar refractivity (Wildman–Crippen MR) is 84.4 cm³/mol. The van der Waals surface area contributed by atoms with E-state index in [1.54, 1.807) is 0 Å². The molecule has 1 aromatic rings. The minimum atomic E-state index is 0.402. The molecule has 1 atom stereocenters. The average Bonchev–Trinajstić information content (AvgIpc) is 2.28. The van der Waals surface area contributed by atoms with Gasteiger partial charge in [0.25, 0.3) is 0 Å². The van der Waals surface area contributed by atoms with Crippen molar-refractivity contribution in [2.75, 3.05) is 6.54 Å². The molecule has 0 saturated carbocycles. The third kappa shape index (κ3) is 4.43. The molecule has 94 valence electrons. The summed E-state index contributed by atoms with van der Waals surface area (Å²) in [5.74, 6) is 0. The molecule has 0 spiro atoms. The molecule has 0 bridgehead atoms. The fourth-order valence-corrected chi connectivity index (χ4v) is 2.63. The third-order valence-electron chi connectivity index (χ3n) is 2.79. The van der Waals surface area contributed by atoms with E-state index in [0.717, 1.165) is 19.4 Å². The smallest absolute Gasteiger partial charge is 0.0368 e. The molecule has 0 aliphatic rings. The average molecular weight is 343 g/mol. The summed E-state index contributed by atoms with van der Waals surface area (Å²) in [6.45, 7) is 11.6. The highest BCUT2D eigenvalue weighted by atomic mass is 127. The van der Waals surface area contributed by atoms with Gasteiger partial charge < -0.3 is 5.32 Å². The van der Waals surface area contributed by atoms with Crippen molar-refractivity contribution in [3.05, 3.63) is 45.0 Å². The highest BCUT2D eigenvalue weighted by molar-refractivity contribution is 14.1. The zero-order chi connectivity index (χ0) is 12.8. The van der Waals surface area contributed by atoms with Gasteiger partial charge in [-0.25, -0.2) is 0 Å². The molecule has 1 N–H and O–H groups in total. The van der Waals surface area contributed by atoms with Crippen LogP contribution >= 0.6 is 22.6 Å². The summed E-state index contributed by atoms with van der Waals surface area (Å²) >= 11 is 2.45. The Hall–Kier alpha value is -0.350. The Morgan fingerprint density at radius 1 is 1.47 bits per heavy atom. The second-order valence-electron chi connectivity index (χ2n) is 4.65. The van der Waals surface area contributed by atoms with Crippen LogP contribution in [0.2, 0.25) is 0 Å². The van der Waals surface area contributed by atoms with Crippen LogP contribution in [0.25, 0.3) is 0 Å². The van der Waals surface area contributed by atoms with Crippen LogP contribution in [0.3, 0.4) is 0 Å². The quantitative estimate of drug-likeness (QED) is 0.588. The summed E-state index contributed by atoms with van der Waals surface area (Å²) in [6, 6.07) is 6.94. The van der Waals surface area contributed by atoms with Gasteiger partial charge >= 0.3 is 0 Å². The Labute approximate surface area is 119 Å². The van der Waals surface area contributed by atoms with Crippen molar-refractivity contribution in [2.45, 2.75) is 39.7 Å². The van der Waals surface area contributed by atoms with E-state index in [2.05, 4.69) is 73.5 Å². The molecule has 0 fully saturated rings. The van der Waals surface area contributed by atoms with Gasteiger partial charge in [-0.15, -0.1) is 6.58 Å². The van der Waals surface area contributed by atoms with E-state index in [0.29, 0.717) is 6.04 Å². The molecule has 2 heteroatoms. The van der Waals surface area contributed by atoms with Gasteiger partial charge in [0.2, 0.25) is 0 Å². The van der Waals surface area contributed by atoms with Crippen LogP contribution in [0, 0.1) is 10.5 Å². The van der Waals surface area contributed by atoms with Gasteiger partial charge in [-0.2, -0.15) is 0 Å². The molecule has 0 aromatic heterocycles. The fraction of sp³-hybridized carbons (Fsp3) is 0.467. The maximum Gasteiger partial charge on any atom is 0.0368 e. The number of rotatable bonds is 6. The van der Waals surface area contributed by atoms with Crippen molar-refractivity contribution < 1.29 is 0 Å². The normalized spacial score (nSPS) is 12.5. The van der Waals surface area contributed by atoms with Crippen LogP contribution in [0.5, 0.6) is 0 Å². The van der Waals surface area contributed by atoms with Crippen molar-refractivity contribution in [2.24, 2.45) is 0 Å². The molecule has 0 aliphatic heterocycles. The maximum absolute atomic E-state index is 4.04. The van der Waals surface area contributed by atoms with Crippen molar-refractivity contribution in [3.8, 4) is 0 Å². The van der Waals surface area contributed by atoms with Crippen molar-refractivity contribution in [3.63, 3.8) is 0 Å². The first-order valence-electron chi connectivity index (χ1n) is 6.19. The number of benzene rings is 1. The molecule has 1 aromatic carbocycles. The third-order valence-corrected chi connectivity index (χ3v) is 4.26. The van der Waals surface area contributed by atoms with E-state index in [-0.39, 0.29) is 0 Å². The number of nitrogens with one attached hydrogen (secondary N) is 1. The van der Waals surface area contributed by atoms with E-state index in [1.807, 2.05) is 0 Å². The molecule has 0 amide bonds. The van der Waals surface area contributed by atoms with Crippen LogP contribution in [0.4, 0.5) is 0 Å². The summed E-state index contributed by atoms with van der Waals surface area (Å²) in [6.07, 6.45) is 2.18. The van der Waals surface area contributed by atoms with Gasteiger partial charge in [0, 0.05) is 9.61 Å². The SMILES string of the molecule is C=C(C)CC(NCCC)c1cccc(C)c1I. The summed E-state index contributed by atoms with van der Waals surface area (Å²) in [4.78, 5) is 0. The molecule has 0 radical (unpaired) electrons. The van der Waals surface area contributed by atoms with E-state index in [9.17, 15) is 0 Å². The highest BCUT2D eigenvalue weighted by Gasteiger charge is 2.14. The predicted octanol–water partition coefficient (Wildman–Crippen LogP) is 4.61. The topological polar surface area (TPSA) is 12.0 Å². The van der Waals surface area contributed by atoms with Crippen molar-refractivity contribution >= 4 is 22.6 Å². The van der Waals surface area contributed by atoms with Crippen molar-refractivity contribution in [1.82, 2.24) is 5.32 Å². The van der Waals surface area contributed by atoms with E-state index in [4.69, 9.17) is 0 Å². The minimum absolute atomic E-state index is 0.402. The molecule has 1 unspecified atom stereocenters. The van der Waals surface area contributed by atoms with Gasteiger partial charge in [0.05, 0.1) is 0 Å².